The van der Waals surface area contributed by atoms with Crippen molar-refractivity contribution in [2.75, 3.05) is 25.1 Å². The zero-order chi connectivity index (χ0) is 21.3. The van der Waals surface area contributed by atoms with Gasteiger partial charge in [-0.1, -0.05) is 18.5 Å². The highest BCUT2D eigenvalue weighted by Gasteiger charge is 2.43. The van der Waals surface area contributed by atoms with Gasteiger partial charge in [0.2, 0.25) is 0 Å². The van der Waals surface area contributed by atoms with Gasteiger partial charge < -0.3 is 19.8 Å². The average Bonchev–Trinajstić information content (AvgIpc) is 3.10. The van der Waals surface area contributed by atoms with E-state index in [0.29, 0.717) is 35.3 Å². The molecule has 3 aromatic heterocycles. The van der Waals surface area contributed by atoms with Crippen LogP contribution in [0.2, 0.25) is 5.02 Å². The van der Waals surface area contributed by atoms with Gasteiger partial charge in [-0.3, -0.25) is 4.79 Å². The Morgan fingerprint density at radius 1 is 1.43 bits per heavy atom. The van der Waals surface area contributed by atoms with E-state index in [-0.39, 0.29) is 30.2 Å². The molecule has 1 saturated heterocycles. The molecule has 2 N–H and O–H groups in total. The van der Waals surface area contributed by atoms with Crippen LogP contribution in [-0.2, 0) is 14.3 Å². The van der Waals surface area contributed by atoms with Gasteiger partial charge in [0.15, 0.2) is 17.5 Å². The second-order valence-electron chi connectivity index (χ2n) is 7.50. The standard InChI is InChI=1S/C20H21ClFN5O3/c1-3-30-16(28)5-15(20(2)9-29-10-20)26-19-14(22)8-25-18(27-19)13-7-24-17-12(13)4-11(21)6-23-17/h4,6-8,15H,3,5,9-10H2,1-2H3,(H,23,24)(H,25,26,27). The lowest BCUT2D eigenvalue weighted by molar-refractivity contribution is -0.149. The molecule has 1 unspecified atom stereocenters. The van der Waals surface area contributed by atoms with Crippen LogP contribution in [0.5, 0.6) is 0 Å². The molecular formula is C20H21ClFN5O3. The van der Waals surface area contributed by atoms with Crippen LogP contribution in [0, 0.1) is 11.2 Å². The molecule has 0 aromatic carbocycles. The number of anilines is 1. The van der Waals surface area contributed by atoms with Crippen LogP contribution >= 0.6 is 11.6 Å². The van der Waals surface area contributed by atoms with Crippen molar-refractivity contribution in [2.45, 2.75) is 26.3 Å². The number of carbonyl (C=O) groups excluding carboxylic acids is 1. The Morgan fingerprint density at radius 3 is 2.93 bits per heavy atom. The Balaban J connectivity index is 1.66. The molecule has 0 spiro atoms. The van der Waals surface area contributed by atoms with Gasteiger partial charge in [0.25, 0.3) is 0 Å². The number of nitrogens with one attached hydrogen (secondary N) is 2. The van der Waals surface area contributed by atoms with Crippen LogP contribution in [0.4, 0.5) is 10.2 Å². The number of rotatable bonds is 7. The molecule has 158 valence electrons. The predicted molar refractivity (Wildman–Crippen MR) is 110 cm³/mol. The van der Waals surface area contributed by atoms with E-state index in [1.807, 2.05) is 6.92 Å². The summed E-state index contributed by atoms with van der Waals surface area (Å²) in [5, 5.41) is 4.28. The summed E-state index contributed by atoms with van der Waals surface area (Å²) in [4.78, 5) is 27.8. The average molecular weight is 434 g/mol. The van der Waals surface area contributed by atoms with Gasteiger partial charge in [-0.2, -0.15) is 0 Å². The van der Waals surface area contributed by atoms with Gasteiger partial charge in [-0.05, 0) is 13.0 Å². The number of H-pyrrole nitrogens is 1. The molecule has 0 bridgehead atoms. The van der Waals surface area contributed by atoms with Gasteiger partial charge in [-0.15, -0.1) is 0 Å². The molecule has 4 heterocycles. The largest absolute Gasteiger partial charge is 0.466 e. The molecular weight excluding hydrogens is 413 g/mol. The molecule has 1 aliphatic rings. The number of nitrogens with zero attached hydrogens (tertiary/aromatic N) is 3. The summed E-state index contributed by atoms with van der Waals surface area (Å²) in [6, 6.07) is 1.33. The minimum absolute atomic E-state index is 0.00626. The number of aromatic nitrogens is 4. The molecule has 1 aliphatic heterocycles. The lowest BCUT2D eigenvalue weighted by Gasteiger charge is -2.44. The van der Waals surface area contributed by atoms with E-state index in [0.717, 1.165) is 11.6 Å². The van der Waals surface area contributed by atoms with Crippen molar-refractivity contribution in [1.29, 1.82) is 0 Å². The van der Waals surface area contributed by atoms with Crippen molar-refractivity contribution in [3.8, 4) is 11.4 Å². The van der Waals surface area contributed by atoms with E-state index >= 15 is 0 Å². The topological polar surface area (TPSA) is 102 Å². The van der Waals surface area contributed by atoms with E-state index < -0.39 is 11.9 Å². The van der Waals surface area contributed by atoms with Crippen LogP contribution in [0.3, 0.4) is 0 Å². The number of esters is 1. The highest BCUT2D eigenvalue weighted by atomic mass is 35.5. The number of halogens is 2. The summed E-state index contributed by atoms with van der Waals surface area (Å²) in [6.45, 7) is 4.91. The number of hydrogen-bond donors (Lipinski definition) is 2. The quantitative estimate of drug-likeness (QED) is 0.549. The predicted octanol–water partition coefficient (Wildman–Crippen LogP) is 3.58. The Morgan fingerprint density at radius 2 is 2.23 bits per heavy atom. The zero-order valence-electron chi connectivity index (χ0n) is 16.5. The van der Waals surface area contributed by atoms with Crippen molar-refractivity contribution >= 4 is 34.4 Å². The molecule has 8 nitrogen and oxygen atoms in total. The number of ether oxygens (including phenoxy) is 2. The molecule has 10 heteroatoms. The van der Waals surface area contributed by atoms with Gasteiger partial charge in [0, 0.05) is 34.8 Å². The van der Waals surface area contributed by atoms with E-state index in [2.05, 4.69) is 25.3 Å². The maximum Gasteiger partial charge on any atom is 0.307 e. The molecule has 30 heavy (non-hydrogen) atoms. The maximum absolute atomic E-state index is 14.6. The summed E-state index contributed by atoms with van der Waals surface area (Å²) in [5.41, 5.74) is 0.919. The van der Waals surface area contributed by atoms with Crippen molar-refractivity contribution in [2.24, 2.45) is 5.41 Å². The Labute approximate surface area is 177 Å². The van der Waals surface area contributed by atoms with Crippen molar-refractivity contribution in [3.05, 3.63) is 35.5 Å². The summed E-state index contributed by atoms with van der Waals surface area (Å²) in [7, 11) is 0. The number of fused-ring (bicyclic) bond motifs is 1. The van der Waals surface area contributed by atoms with Crippen molar-refractivity contribution < 1.29 is 18.7 Å². The summed E-state index contributed by atoms with van der Waals surface area (Å²) < 4.78 is 25.0. The second kappa shape index (κ2) is 8.16. The van der Waals surface area contributed by atoms with E-state index in [9.17, 15) is 9.18 Å². The number of pyridine rings is 1. The van der Waals surface area contributed by atoms with Crippen LogP contribution < -0.4 is 5.32 Å². The highest BCUT2D eigenvalue weighted by molar-refractivity contribution is 6.31. The third kappa shape index (κ3) is 3.95. The second-order valence-corrected chi connectivity index (χ2v) is 7.93. The summed E-state index contributed by atoms with van der Waals surface area (Å²) in [5.74, 6) is -0.673. The number of carbonyl (C=O) groups is 1. The van der Waals surface area contributed by atoms with Gasteiger partial charge in [-0.25, -0.2) is 19.3 Å². The molecule has 3 aromatic rings. The third-order valence-corrected chi connectivity index (χ3v) is 5.38. The first kappa shape index (κ1) is 20.5. The Hall–Kier alpha value is -2.78. The first-order valence-electron chi connectivity index (χ1n) is 9.55. The third-order valence-electron chi connectivity index (χ3n) is 5.17. The zero-order valence-corrected chi connectivity index (χ0v) is 17.3. The fourth-order valence-corrected chi connectivity index (χ4v) is 3.57. The smallest absolute Gasteiger partial charge is 0.307 e. The first-order valence-corrected chi connectivity index (χ1v) is 9.93. The molecule has 4 rings (SSSR count). The van der Waals surface area contributed by atoms with Gasteiger partial charge in [0.1, 0.15) is 5.65 Å². The van der Waals surface area contributed by atoms with Crippen LogP contribution in [-0.4, -0.2) is 51.8 Å². The Bertz CT molecular complexity index is 1090. The monoisotopic (exact) mass is 433 g/mol. The minimum Gasteiger partial charge on any atom is -0.466 e. The summed E-state index contributed by atoms with van der Waals surface area (Å²) >= 11 is 6.06. The molecule has 0 amide bonds. The molecule has 0 saturated carbocycles. The fraction of sp³-hybridized carbons (Fsp3) is 0.400. The molecule has 0 aliphatic carbocycles. The summed E-state index contributed by atoms with van der Waals surface area (Å²) in [6.07, 6.45) is 4.40. The van der Waals surface area contributed by atoms with Crippen molar-refractivity contribution in [1.82, 2.24) is 19.9 Å². The highest BCUT2D eigenvalue weighted by Crippen LogP contribution is 2.35. The number of aromatic amines is 1. The van der Waals surface area contributed by atoms with E-state index in [1.54, 1.807) is 19.2 Å². The van der Waals surface area contributed by atoms with E-state index in [4.69, 9.17) is 21.1 Å². The lowest BCUT2D eigenvalue weighted by atomic mass is 9.78. The Kier molecular flexibility index (Phi) is 5.57. The minimum atomic E-state index is -0.618. The SMILES string of the molecule is CCOC(=O)CC(Nc1nc(-c2c[nH]c3ncc(Cl)cc23)ncc1F)C1(C)COC1. The first-order chi connectivity index (χ1) is 14.4. The van der Waals surface area contributed by atoms with Gasteiger partial charge >= 0.3 is 5.97 Å². The van der Waals surface area contributed by atoms with E-state index in [1.165, 1.54) is 6.20 Å². The van der Waals surface area contributed by atoms with Crippen LogP contribution in [0.15, 0.2) is 24.7 Å². The fourth-order valence-electron chi connectivity index (χ4n) is 3.41. The maximum atomic E-state index is 14.6. The molecule has 1 fully saturated rings. The van der Waals surface area contributed by atoms with Crippen molar-refractivity contribution in [3.63, 3.8) is 0 Å². The van der Waals surface area contributed by atoms with Gasteiger partial charge in [0.05, 0.1) is 37.5 Å². The number of hydrogen-bond acceptors (Lipinski definition) is 7. The van der Waals surface area contributed by atoms with Crippen LogP contribution in [0.25, 0.3) is 22.4 Å². The van der Waals surface area contributed by atoms with Crippen LogP contribution in [0.1, 0.15) is 20.3 Å². The lowest BCUT2D eigenvalue weighted by Crippen LogP contribution is -2.53. The normalized spacial score (nSPS) is 16.1. The molecule has 0 radical (unpaired) electrons. The molecule has 1 atom stereocenters.